The van der Waals surface area contributed by atoms with Gasteiger partial charge in [0.05, 0.1) is 0 Å². The van der Waals surface area contributed by atoms with E-state index in [0.717, 1.165) is 5.56 Å². The van der Waals surface area contributed by atoms with Crippen LogP contribution in [0.5, 0.6) is 0 Å². The smallest absolute Gasteiger partial charge is 0.326 e. The number of nitrogens with two attached hydrogens (primary N) is 1. The molecule has 1 aromatic heterocycles. The largest absolute Gasteiger partial charge is 0.434 e. The van der Waals surface area contributed by atoms with Crippen LogP contribution in [0.1, 0.15) is 17.8 Å². The predicted octanol–water partition coefficient (Wildman–Crippen LogP) is 3.42. The molecule has 8 heteroatoms. The van der Waals surface area contributed by atoms with Crippen LogP contribution in [0.2, 0.25) is 0 Å². The van der Waals surface area contributed by atoms with Gasteiger partial charge in [0, 0.05) is 18.3 Å². The van der Waals surface area contributed by atoms with E-state index in [0.29, 0.717) is 6.20 Å². The summed E-state index contributed by atoms with van der Waals surface area (Å²) >= 11 is 0. The highest BCUT2D eigenvalue weighted by Crippen LogP contribution is 2.33. The van der Waals surface area contributed by atoms with Crippen molar-refractivity contribution < 1.29 is 22.0 Å². The molecule has 0 unspecified atom stereocenters. The van der Waals surface area contributed by atoms with Gasteiger partial charge in [-0.15, -0.1) is 0 Å². The lowest BCUT2D eigenvalue weighted by Crippen LogP contribution is -2.05. The molecule has 2 aromatic rings. The topological polar surface area (TPSA) is 43.8 Å². The van der Waals surface area contributed by atoms with E-state index in [1.54, 1.807) is 12.1 Å². The monoisotopic (exact) mass is 291 g/mol. The van der Waals surface area contributed by atoms with Gasteiger partial charge in [-0.3, -0.25) is 4.57 Å². The molecule has 108 valence electrons. The van der Waals surface area contributed by atoms with Crippen molar-refractivity contribution in [3.05, 3.63) is 41.7 Å². The fraction of sp³-hybridized carbons (Fsp3) is 0.250. The third-order valence-corrected chi connectivity index (χ3v) is 2.68. The lowest BCUT2D eigenvalue weighted by molar-refractivity contribution is -0.141. The van der Waals surface area contributed by atoms with E-state index in [9.17, 15) is 22.0 Å². The highest BCUT2D eigenvalue weighted by atomic mass is 19.4. The van der Waals surface area contributed by atoms with Gasteiger partial charge in [-0.1, -0.05) is 24.3 Å². The van der Waals surface area contributed by atoms with Crippen LogP contribution in [-0.2, 0) is 12.7 Å². The van der Waals surface area contributed by atoms with Gasteiger partial charge >= 0.3 is 12.7 Å². The van der Waals surface area contributed by atoms with Crippen molar-refractivity contribution in [1.82, 2.24) is 9.55 Å². The van der Waals surface area contributed by atoms with Crippen molar-refractivity contribution in [2.24, 2.45) is 5.73 Å². The Labute approximate surface area is 110 Å². The molecule has 3 nitrogen and oxygen atoms in total. The molecule has 0 radical (unpaired) electrons. The summed E-state index contributed by atoms with van der Waals surface area (Å²) in [7, 11) is 0. The van der Waals surface area contributed by atoms with E-state index in [1.165, 1.54) is 12.1 Å². The second-order valence-electron chi connectivity index (χ2n) is 4.03. The number of hydrogen-bond donors (Lipinski definition) is 1. The number of alkyl halides is 5. The average Bonchev–Trinajstić information content (AvgIpc) is 2.84. The lowest BCUT2D eigenvalue weighted by atomic mass is 10.1. The first-order valence-electron chi connectivity index (χ1n) is 5.56. The standard InChI is InChI=1S/C12H10F5N3/c13-11(14)20-6-9(12(15,16)17)19-10(20)8-3-1-7(5-18)2-4-8/h1-4,6,11H,5,18H2. The van der Waals surface area contributed by atoms with Crippen LogP contribution in [0.25, 0.3) is 11.4 Å². The van der Waals surface area contributed by atoms with E-state index >= 15 is 0 Å². The molecule has 0 spiro atoms. The summed E-state index contributed by atoms with van der Waals surface area (Å²) in [4.78, 5) is 3.26. The molecule has 2 N–H and O–H groups in total. The number of rotatable bonds is 3. The predicted molar refractivity (Wildman–Crippen MR) is 61.8 cm³/mol. The second-order valence-corrected chi connectivity index (χ2v) is 4.03. The maximum absolute atomic E-state index is 12.8. The van der Waals surface area contributed by atoms with Gasteiger partial charge in [0.1, 0.15) is 5.82 Å². The molecule has 0 saturated carbocycles. The van der Waals surface area contributed by atoms with E-state index in [-0.39, 0.29) is 16.7 Å². The van der Waals surface area contributed by atoms with Crippen molar-refractivity contribution in [3.63, 3.8) is 0 Å². The maximum atomic E-state index is 12.8. The van der Waals surface area contributed by atoms with Crippen LogP contribution in [0, 0.1) is 0 Å². The van der Waals surface area contributed by atoms with Gasteiger partial charge in [0.2, 0.25) is 0 Å². The van der Waals surface area contributed by atoms with Gasteiger partial charge < -0.3 is 5.73 Å². The minimum atomic E-state index is -4.77. The Kier molecular flexibility index (Phi) is 3.76. The third kappa shape index (κ3) is 2.79. The quantitative estimate of drug-likeness (QED) is 0.881. The Morgan fingerprint density at radius 1 is 1.15 bits per heavy atom. The van der Waals surface area contributed by atoms with Gasteiger partial charge in [-0.25, -0.2) is 4.98 Å². The Hall–Kier alpha value is -1.96. The molecule has 20 heavy (non-hydrogen) atoms. The van der Waals surface area contributed by atoms with Gasteiger partial charge in [-0.05, 0) is 5.56 Å². The zero-order chi connectivity index (χ0) is 14.9. The minimum absolute atomic E-state index is 0.165. The molecule has 1 heterocycles. The molecule has 0 bridgehead atoms. The lowest BCUT2D eigenvalue weighted by Gasteiger charge is -2.06. The van der Waals surface area contributed by atoms with Crippen molar-refractivity contribution in [3.8, 4) is 11.4 Å². The summed E-state index contributed by atoms with van der Waals surface area (Å²) in [6.07, 6.45) is -4.47. The number of halogens is 5. The molecule has 2 rings (SSSR count). The number of nitrogens with zero attached hydrogens (tertiary/aromatic N) is 2. The van der Waals surface area contributed by atoms with E-state index in [1.807, 2.05) is 0 Å². The first kappa shape index (κ1) is 14.4. The molecular formula is C12H10F5N3. The van der Waals surface area contributed by atoms with E-state index in [2.05, 4.69) is 4.98 Å². The SMILES string of the molecule is NCc1ccc(-c2nc(C(F)(F)F)cn2C(F)F)cc1. The Balaban J connectivity index is 2.50. The molecule has 0 saturated heterocycles. The van der Waals surface area contributed by atoms with Crippen LogP contribution < -0.4 is 5.73 Å². The zero-order valence-electron chi connectivity index (χ0n) is 10.0. The number of imidazole rings is 1. The van der Waals surface area contributed by atoms with Gasteiger partial charge in [0.15, 0.2) is 5.69 Å². The average molecular weight is 291 g/mol. The van der Waals surface area contributed by atoms with Crippen LogP contribution >= 0.6 is 0 Å². The highest BCUT2D eigenvalue weighted by Gasteiger charge is 2.35. The molecule has 0 aliphatic heterocycles. The van der Waals surface area contributed by atoms with Crippen molar-refractivity contribution in [2.45, 2.75) is 19.3 Å². The Morgan fingerprint density at radius 2 is 1.75 bits per heavy atom. The van der Waals surface area contributed by atoms with Crippen LogP contribution in [0.3, 0.4) is 0 Å². The first-order valence-corrected chi connectivity index (χ1v) is 5.56. The van der Waals surface area contributed by atoms with Gasteiger partial charge in [-0.2, -0.15) is 22.0 Å². The fourth-order valence-corrected chi connectivity index (χ4v) is 1.68. The first-order chi connectivity index (χ1) is 9.32. The molecule has 0 aliphatic carbocycles. The summed E-state index contributed by atoms with van der Waals surface area (Å²) in [5.41, 5.74) is 4.94. The molecule has 0 atom stereocenters. The number of benzene rings is 1. The van der Waals surface area contributed by atoms with Crippen LogP contribution in [0.4, 0.5) is 22.0 Å². The van der Waals surface area contributed by atoms with Crippen LogP contribution in [0.15, 0.2) is 30.5 Å². The molecule has 1 aromatic carbocycles. The normalized spacial score (nSPS) is 12.2. The summed E-state index contributed by atoms with van der Waals surface area (Å²) in [6, 6.07) is 5.91. The van der Waals surface area contributed by atoms with Crippen molar-refractivity contribution in [1.29, 1.82) is 0 Å². The summed E-state index contributed by atoms with van der Waals surface area (Å²) < 4.78 is 63.4. The fourth-order valence-electron chi connectivity index (χ4n) is 1.68. The van der Waals surface area contributed by atoms with Crippen molar-refractivity contribution in [2.75, 3.05) is 0 Å². The Morgan fingerprint density at radius 3 is 2.20 bits per heavy atom. The van der Waals surface area contributed by atoms with Crippen LogP contribution in [-0.4, -0.2) is 9.55 Å². The minimum Gasteiger partial charge on any atom is -0.326 e. The second kappa shape index (κ2) is 5.20. The maximum Gasteiger partial charge on any atom is 0.434 e. The Bertz CT molecular complexity index is 586. The molecule has 0 aliphatic rings. The summed E-state index contributed by atoms with van der Waals surface area (Å²) in [5.74, 6) is -0.434. The van der Waals surface area contributed by atoms with E-state index < -0.39 is 24.2 Å². The third-order valence-electron chi connectivity index (χ3n) is 2.68. The number of aromatic nitrogens is 2. The summed E-state index contributed by atoms with van der Waals surface area (Å²) in [6.45, 7) is -2.86. The van der Waals surface area contributed by atoms with E-state index in [4.69, 9.17) is 5.73 Å². The number of hydrogen-bond acceptors (Lipinski definition) is 2. The molecule has 0 fully saturated rings. The van der Waals surface area contributed by atoms with Gasteiger partial charge in [0.25, 0.3) is 0 Å². The molecular weight excluding hydrogens is 281 g/mol. The summed E-state index contributed by atoms with van der Waals surface area (Å²) in [5, 5.41) is 0. The molecule has 0 amide bonds. The zero-order valence-corrected chi connectivity index (χ0v) is 10.0. The van der Waals surface area contributed by atoms with Crippen molar-refractivity contribution >= 4 is 0 Å². The highest BCUT2D eigenvalue weighted by molar-refractivity contribution is 5.56.